The summed E-state index contributed by atoms with van der Waals surface area (Å²) in [6.07, 6.45) is 0. The van der Waals surface area contributed by atoms with Crippen molar-refractivity contribution in [2.75, 3.05) is 5.32 Å². The van der Waals surface area contributed by atoms with Gasteiger partial charge in [0.25, 0.3) is 0 Å². The lowest BCUT2D eigenvalue weighted by Crippen LogP contribution is -2.05. The molecule has 0 amide bonds. The van der Waals surface area contributed by atoms with Gasteiger partial charge in [0.2, 0.25) is 0 Å². The third kappa shape index (κ3) is 2.82. The Balaban J connectivity index is 2.16. The van der Waals surface area contributed by atoms with Crippen LogP contribution in [0.1, 0.15) is 23.4 Å². The van der Waals surface area contributed by atoms with Gasteiger partial charge in [-0.05, 0) is 52.9 Å². The topological polar surface area (TPSA) is 32.3 Å². The van der Waals surface area contributed by atoms with E-state index in [1.807, 2.05) is 25.1 Å². The van der Waals surface area contributed by atoms with Crippen LogP contribution in [0.5, 0.6) is 5.75 Å². The Labute approximate surface area is 113 Å². The molecule has 1 heterocycles. The van der Waals surface area contributed by atoms with Crippen LogP contribution in [-0.2, 0) is 0 Å². The predicted octanol–water partition coefficient (Wildman–Crippen LogP) is 4.70. The first-order valence-corrected chi connectivity index (χ1v) is 7.04. The summed E-state index contributed by atoms with van der Waals surface area (Å²) in [5.41, 5.74) is 1.82. The van der Waals surface area contributed by atoms with Crippen molar-refractivity contribution in [1.82, 2.24) is 0 Å². The average Bonchev–Trinajstić information content (AvgIpc) is 2.70. The highest BCUT2D eigenvalue weighted by molar-refractivity contribution is 9.10. The Morgan fingerprint density at radius 2 is 2.12 bits per heavy atom. The number of phenols is 1. The number of nitrogens with one attached hydrogen (secondary N) is 1. The highest BCUT2D eigenvalue weighted by Crippen LogP contribution is 2.32. The van der Waals surface area contributed by atoms with Gasteiger partial charge in [0.05, 0.1) is 6.04 Å². The minimum Gasteiger partial charge on any atom is -0.508 e. The van der Waals surface area contributed by atoms with E-state index in [-0.39, 0.29) is 6.04 Å². The van der Waals surface area contributed by atoms with E-state index in [9.17, 15) is 5.11 Å². The molecule has 1 aromatic carbocycles. The fraction of sp³-hybridized carbons (Fsp3) is 0.231. The number of halogens is 1. The van der Waals surface area contributed by atoms with Gasteiger partial charge in [0, 0.05) is 21.1 Å². The molecular weight excluding hydrogens is 298 g/mol. The summed E-state index contributed by atoms with van der Waals surface area (Å²) in [4.78, 5) is 1.25. The van der Waals surface area contributed by atoms with Crippen LogP contribution in [0.4, 0.5) is 5.69 Å². The van der Waals surface area contributed by atoms with E-state index in [0.29, 0.717) is 5.75 Å². The third-order valence-electron chi connectivity index (χ3n) is 2.63. The zero-order valence-electron chi connectivity index (χ0n) is 9.70. The smallest absolute Gasteiger partial charge is 0.120 e. The molecule has 2 aromatic rings. The molecule has 0 radical (unpaired) electrons. The summed E-state index contributed by atoms with van der Waals surface area (Å²) in [6.45, 7) is 3.99. The molecule has 17 heavy (non-hydrogen) atoms. The molecule has 0 bridgehead atoms. The zero-order valence-corrected chi connectivity index (χ0v) is 12.1. The number of anilines is 1. The quantitative estimate of drug-likeness (QED) is 0.861. The first-order valence-electron chi connectivity index (χ1n) is 5.37. The molecule has 2 nitrogen and oxygen atoms in total. The van der Waals surface area contributed by atoms with Crippen LogP contribution in [0.15, 0.2) is 34.1 Å². The van der Waals surface area contributed by atoms with Gasteiger partial charge in [0.15, 0.2) is 0 Å². The molecule has 2 rings (SSSR count). The standard InChI is InChI=1S/C13H14BrNOS/c1-8-3-4-10(7-12(8)16)15-9(2)13-11(14)5-6-17-13/h3-7,9,15-16H,1-2H3. The van der Waals surface area contributed by atoms with Gasteiger partial charge < -0.3 is 10.4 Å². The minimum absolute atomic E-state index is 0.214. The van der Waals surface area contributed by atoms with Gasteiger partial charge in [-0.25, -0.2) is 0 Å². The van der Waals surface area contributed by atoms with E-state index in [4.69, 9.17) is 0 Å². The van der Waals surface area contributed by atoms with Gasteiger partial charge in [-0.3, -0.25) is 0 Å². The van der Waals surface area contributed by atoms with Crippen molar-refractivity contribution in [2.24, 2.45) is 0 Å². The summed E-state index contributed by atoms with van der Waals surface area (Å²) in [5.74, 6) is 0.326. The highest BCUT2D eigenvalue weighted by Gasteiger charge is 2.11. The number of thiophene rings is 1. The van der Waals surface area contributed by atoms with Gasteiger partial charge >= 0.3 is 0 Å². The Morgan fingerprint density at radius 1 is 1.35 bits per heavy atom. The number of rotatable bonds is 3. The first-order chi connectivity index (χ1) is 8.08. The zero-order chi connectivity index (χ0) is 12.4. The van der Waals surface area contributed by atoms with Gasteiger partial charge in [-0.2, -0.15) is 0 Å². The van der Waals surface area contributed by atoms with Crippen LogP contribution in [0.25, 0.3) is 0 Å². The first kappa shape index (κ1) is 12.5. The molecule has 0 aliphatic carbocycles. The minimum atomic E-state index is 0.214. The number of aromatic hydroxyl groups is 1. The summed E-state index contributed by atoms with van der Waals surface area (Å²) in [5, 5.41) is 15.1. The van der Waals surface area contributed by atoms with Crippen molar-refractivity contribution in [3.05, 3.63) is 44.6 Å². The molecule has 1 unspecified atom stereocenters. The van der Waals surface area contributed by atoms with Crippen molar-refractivity contribution in [1.29, 1.82) is 0 Å². The number of benzene rings is 1. The normalized spacial score (nSPS) is 12.4. The Hall–Kier alpha value is -1.00. The van der Waals surface area contributed by atoms with E-state index in [2.05, 4.69) is 33.6 Å². The fourth-order valence-electron chi connectivity index (χ4n) is 1.63. The molecule has 0 saturated heterocycles. The van der Waals surface area contributed by atoms with Crippen LogP contribution in [0.3, 0.4) is 0 Å². The summed E-state index contributed by atoms with van der Waals surface area (Å²) in [7, 11) is 0. The lowest BCUT2D eigenvalue weighted by atomic mass is 10.2. The number of hydrogen-bond acceptors (Lipinski definition) is 3. The molecular formula is C13H14BrNOS. The lowest BCUT2D eigenvalue weighted by Gasteiger charge is -2.15. The molecule has 1 aromatic heterocycles. The second-order valence-electron chi connectivity index (χ2n) is 4.00. The summed E-state index contributed by atoms with van der Waals surface area (Å²) in [6, 6.07) is 7.91. The average molecular weight is 312 g/mol. The highest BCUT2D eigenvalue weighted by atomic mass is 79.9. The molecule has 90 valence electrons. The van der Waals surface area contributed by atoms with E-state index in [1.54, 1.807) is 17.4 Å². The third-order valence-corrected chi connectivity index (χ3v) is 4.68. The Morgan fingerprint density at radius 3 is 2.71 bits per heavy atom. The van der Waals surface area contributed by atoms with Crippen LogP contribution in [-0.4, -0.2) is 5.11 Å². The summed E-state index contributed by atoms with van der Waals surface area (Å²) < 4.78 is 1.12. The van der Waals surface area contributed by atoms with Gasteiger partial charge in [-0.1, -0.05) is 6.07 Å². The summed E-state index contributed by atoms with van der Waals surface area (Å²) >= 11 is 5.24. The molecule has 0 aliphatic rings. The van der Waals surface area contributed by atoms with Crippen molar-refractivity contribution in [3.63, 3.8) is 0 Å². The van der Waals surface area contributed by atoms with Crippen molar-refractivity contribution in [2.45, 2.75) is 19.9 Å². The molecule has 2 N–H and O–H groups in total. The molecule has 0 spiro atoms. The fourth-order valence-corrected chi connectivity index (χ4v) is 3.35. The second-order valence-corrected chi connectivity index (χ2v) is 5.80. The largest absolute Gasteiger partial charge is 0.508 e. The van der Waals surface area contributed by atoms with Gasteiger partial charge in [-0.15, -0.1) is 11.3 Å². The number of phenolic OH excluding ortho intramolecular Hbond substituents is 1. The molecule has 0 aliphatic heterocycles. The number of hydrogen-bond donors (Lipinski definition) is 2. The van der Waals surface area contributed by atoms with E-state index in [0.717, 1.165) is 15.7 Å². The van der Waals surface area contributed by atoms with E-state index >= 15 is 0 Å². The lowest BCUT2D eigenvalue weighted by molar-refractivity contribution is 0.471. The number of aryl methyl sites for hydroxylation is 1. The van der Waals surface area contributed by atoms with Crippen LogP contribution >= 0.6 is 27.3 Å². The maximum atomic E-state index is 9.65. The Kier molecular flexibility index (Phi) is 3.74. The SMILES string of the molecule is Cc1ccc(NC(C)c2sccc2Br)cc1O. The Bertz CT molecular complexity index is 524. The molecule has 1 atom stereocenters. The van der Waals surface area contributed by atoms with E-state index in [1.165, 1.54) is 4.88 Å². The maximum Gasteiger partial charge on any atom is 0.120 e. The van der Waals surface area contributed by atoms with Crippen LogP contribution in [0.2, 0.25) is 0 Å². The molecule has 4 heteroatoms. The van der Waals surface area contributed by atoms with Gasteiger partial charge in [0.1, 0.15) is 5.75 Å². The molecule has 0 fully saturated rings. The predicted molar refractivity (Wildman–Crippen MR) is 76.9 cm³/mol. The van der Waals surface area contributed by atoms with Crippen molar-refractivity contribution < 1.29 is 5.11 Å². The maximum absolute atomic E-state index is 9.65. The second kappa shape index (κ2) is 5.10. The van der Waals surface area contributed by atoms with Crippen molar-refractivity contribution >= 4 is 33.0 Å². The monoisotopic (exact) mass is 311 g/mol. The van der Waals surface area contributed by atoms with Crippen molar-refractivity contribution in [3.8, 4) is 5.75 Å². The molecule has 0 saturated carbocycles. The van der Waals surface area contributed by atoms with Crippen LogP contribution in [0, 0.1) is 6.92 Å². The van der Waals surface area contributed by atoms with Crippen LogP contribution < -0.4 is 5.32 Å². The van der Waals surface area contributed by atoms with E-state index < -0.39 is 0 Å².